The number of rotatable bonds is 5. The van der Waals surface area contributed by atoms with Crippen LogP contribution in [0.1, 0.15) is 24.0 Å². The van der Waals surface area contributed by atoms with Gasteiger partial charge in [-0.25, -0.2) is 9.97 Å². The number of hydrogen-bond donors (Lipinski definition) is 0. The Kier molecular flexibility index (Phi) is 4.74. The van der Waals surface area contributed by atoms with Gasteiger partial charge in [0.2, 0.25) is 5.88 Å². The molecular weight excluding hydrogens is 332 g/mol. The quantitative estimate of drug-likeness (QED) is 0.813. The van der Waals surface area contributed by atoms with Crippen LogP contribution in [0, 0.1) is 6.92 Å². The summed E-state index contributed by atoms with van der Waals surface area (Å²) < 4.78 is 17.5. The minimum absolute atomic E-state index is 0.134. The first-order valence-corrected chi connectivity index (χ1v) is 8.93. The molecule has 2 saturated heterocycles. The first kappa shape index (κ1) is 17.2. The zero-order chi connectivity index (χ0) is 18.0. The van der Waals surface area contributed by atoms with Crippen LogP contribution >= 0.6 is 0 Å². The number of hydrogen-bond acceptors (Lipinski definition) is 7. The van der Waals surface area contributed by atoms with Crippen LogP contribution in [0.5, 0.6) is 5.88 Å². The summed E-state index contributed by atoms with van der Waals surface area (Å²) in [6.45, 7) is 5.06. The molecule has 7 heteroatoms. The molecule has 0 N–H and O–H groups in total. The highest BCUT2D eigenvalue weighted by molar-refractivity contribution is 5.45. The predicted octanol–water partition coefficient (Wildman–Crippen LogP) is 2.14. The summed E-state index contributed by atoms with van der Waals surface area (Å²) in [5, 5.41) is 0. The highest BCUT2D eigenvalue weighted by Crippen LogP contribution is 2.37. The van der Waals surface area contributed by atoms with Crippen molar-refractivity contribution in [1.82, 2.24) is 15.0 Å². The van der Waals surface area contributed by atoms with Crippen LogP contribution in [0.4, 0.5) is 5.82 Å². The van der Waals surface area contributed by atoms with Crippen LogP contribution < -0.4 is 9.64 Å². The fourth-order valence-corrected chi connectivity index (χ4v) is 3.63. The van der Waals surface area contributed by atoms with E-state index in [1.165, 1.54) is 11.9 Å². The van der Waals surface area contributed by atoms with Crippen molar-refractivity contribution in [3.8, 4) is 5.88 Å². The first-order valence-electron chi connectivity index (χ1n) is 8.93. The highest BCUT2D eigenvalue weighted by atomic mass is 16.5. The van der Waals surface area contributed by atoms with E-state index in [0.717, 1.165) is 43.9 Å². The number of pyridine rings is 1. The van der Waals surface area contributed by atoms with E-state index in [4.69, 9.17) is 14.2 Å². The number of methoxy groups -OCH3 is 1. The minimum atomic E-state index is -0.134. The van der Waals surface area contributed by atoms with Crippen LogP contribution in [-0.4, -0.2) is 53.5 Å². The first-order chi connectivity index (χ1) is 12.7. The average molecular weight is 356 g/mol. The normalized spacial score (nSPS) is 21.5. The second-order valence-corrected chi connectivity index (χ2v) is 7.03. The summed E-state index contributed by atoms with van der Waals surface area (Å²) in [6, 6.07) is 3.87. The lowest BCUT2D eigenvalue weighted by atomic mass is 9.84. The van der Waals surface area contributed by atoms with Gasteiger partial charge in [-0.15, -0.1) is 0 Å². The van der Waals surface area contributed by atoms with E-state index < -0.39 is 0 Å². The zero-order valence-electron chi connectivity index (χ0n) is 15.2. The molecule has 4 rings (SSSR count). The highest BCUT2D eigenvalue weighted by Gasteiger charge is 2.48. The molecule has 2 aliphatic rings. The second-order valence-electron chi connectivity index (χ2n) is 7.03. The molecule has 0 aliphatic carbocycles. The maximum absolute atomic E-state index is 6.17. The van der Waals surface area contributed by atoms with Crippen molar-refractivity contribution in [1.29, 1.82) is 0 Å². The molecule has 7 nitrogen and oxygen atoms in total. The van der Waals surface area contributed by atoms with E-state index >= 15 is 0 Å². The van der Waals surface area contributed by atoms with Gasteiger partial charge in [0.1, 0.15) is 17.7 Å². The molecule has 138 valence electrons. The van der Waals surface area contributed by atoms with Crippen molar-refractivity contribution >= 4 is 5.82 Å². The van der Waals surface area contributed by atoms with E-state index in [-0.39, 0.29) is 11.7 Å². The van der Waals surface area contributed by atoms with Gasteiger partial charge in [0, 0.05) is 31.5 Å². The van der Waals surface area contributed by atoms with E-state index in [0.29, 0.717) is 12.5 Å². The maximum atomic E-state index is 6.17. The fourth-order valence-electron chi connectivity index (χ4n) is 3.63. The van der Waals surface area contributed by atoms with Crippen LogP contribution in [0.15, 0.2) is 30.9 Å². The van der Waals surface area contributed by atoms with E-state index in [1.54, 1.807) is 7.11 Å². The average Bonchev–Trinajstić information content (AvgIpc) is 2.65. The van der Waals surface area contributed by atoms with Crippen LogP contribution in [-0.2, 0) is 16.1 Å². The largest absolute Gasteiger partial charge is 0.481 e. The molecule has 2 aromatic heterocycles. The third-order valence-electron chi connectivity index (χ3n) is 5.19. The van der Waals surface area contributed by atoms with Gasteiger partial charge in [0.15, 0.2) is 0 Å². The lowest BCUT2D eigenvalue weighted by Gasteiger charge is -2.53. The molecule has 0 saturated carbocycles. The molecular formula is C19H24N4O3. The summed E-state index contributed by atoms with van der Waals surface area (Å²) in [5.74, 6) is 1.45. The Hall–Kier alpha value is -2.25. The monoisotopic (exact) mass is 356 g/mol. The fraction of sp³-hybridized carbons (Fsp3) is 0.526. The zero-order valence-corrected chi connectivity index (χ0v) is 15.2. The number of nitrogens with zero attached hydrogens (tertiary/aromatic N) is 4. The molecule has 0 amide bonds. The molecule has 0 aromatic carbocycles. The smallest absolute Gasteiger partial charge is 0.218 e. The SMILES string of the molecule is COc1cc(N2CC3(C[C@H](OCc4cnccc4C)CCO3)C2)ncn1. The number of anilines is 1. The van der Waals surface area contributed by atoms with Gasteiger partial charge >= 0.3 is 0 Å². The van der Waals surface area contributed by atoms with Gasteiger partial charge in [0.05, 0.1) is 32.9 Å². The van der Waals surface area contributed by atoms with Gasteiger partial charge in [-0.3, -0.25) is 4.98 Å². The Morgan fingerprint density at radius 2 is 2.23 bits per heavy atom. The van der Waals surface area contributed by atoms with Gasteiger partial charge in [-0.2, -0.15) is 0 Å². The van der Waals surface area contributed by atoms with Crippen molar-refractivity contribution in [2.75, 3.05) is 31.7 Å². The summed E-state index contributed by atoms with van der Waals surface area (Å²) in [6.07, 6.45) is 7.28. The molecule has 4 heterocycles. The van der Waals surface area contributed by atoms with Crippen molar-refractivity contribution in [2.24, 2.45) is 0 Å². The van der Waals surface area contributed by atoms with Crippen molar-refractivity contribution < 1.29 is 14.2 Å². The number of aromatic nitrogens is 3. The van der Waals surface area contributed by atoms with Crippen LogP contribution in [0.25, 0.3) is 0 Å². The molecule has 26 heavy (non-hydrogen) atoms. The Morgan fingerprint density at radius 1 is 1.35 bits per heavy atom. The van der Waals surface area contributed by atoms with Gasteiger partial charge in [0.25, 0.3) is 0 Å². The lowest BCUT2D eigenvalue weighted by molar-refractivity contribution is -0.148. The summed E-state index contributed by atoms with van der Waals surface area (Å²) in [7, 11) is 1.61. The molecule has 2 aromatic rings. The van der Waals surface area contributed by atoms with Gasteiger partial charge in [-0.05, 0) is 30.5 Å². The topological polar surface area (TPSA) is 69.6 Å². The molecule has 1 spiro atoms. The molecule has 0 radical (unpaired) electrons. The molecule has 2 aliphatic heterocycles. The standard InChI is InChI=1S/C19H24N4O3/c1-14-3-5-20-9-15(14)10-25-16-4-6-26-19(8-16)11-23(12-19)17-7-18(24-2)22-13-21-17/h3,5,7,9,13,16H,4,6,8,10-12H2,1-2H3/t16-/m1/s1. The van der Waals surface area contributed by atoms with Crippen molar-refractivity contribution in [3.05, 3.63) is 42.0 Å². The van der Waals surface area contributed by atoms with Gasteiger partial charge < -0.3 is 19.1 Å². The maximum Gasteiger partial charge on any atom is 0.218 e. The molecule has 0 bridgehead atoms. The number of ether oxygens (including phenoxy) is 3. The summed E-state index contributed by atoms with van der Waals surface area (Å²) in [4.78, 5) is 14.8. The van der Waals surface area contributed by atoms with Gasteiger partial charge in [-0.1, -0.05) is 0 Å². The van der Waals surface area contributed by atoms with Crippen LogP contribution in [0.3, 0.4) is 0 Å². The van der Waals surface area contributed by atoms with E-state index in [1.807, 2.05) is 24.5 Å². The third-order valence-corrected chi connectivity index (χ3v) is 5.19. The predicted molar refractivity (Wildman–Crippen MR) is 96.3 cm³/mol. The van der Waals surface area contributed by atoms with Crippen molar-refractivity contribution in [2.45, 2.75) is 38.1 Å². The van der Waals surface area contributed by atoms with Crippen molar-refractivity contribution in [3.63, 3.8) is 0 Å². The summed E-state index contributed by atoms with van der Waals surface area (Å²) in [5.41, 5.74) is 2.23. The Labute approximate surface area is 153 Å². The van der Waals surface area contributed by atoms with E-state index in [9.17, 15) is 0 Å². The minimum Gasteiger partial charge on any atom is -0.481 e. The number of aryl methyl sites for hydroxylation is 1. The Bertz CT molecular complexity index is 764. The Balaban J connectivity index is 1.33. The second kappa shape index (κ2) is 7.17. The van der Waals surface area contributed by atoms with E-state index in [2.05, 4.69) is 26.8 Å². The molecule has 0 unspecified atom stereocenters. The van der Waals surface area contributed by atoms with Crippen LogP contribution in [0.2, 0.25) is 0 Å². The molecule has 1 atom stereocenters. The third kappa shape index (κ3) is 3.50. The molecule has 2 fully saturated rings. The lowest BCUT2D eigenvalue weighted by Crippen LogP contribution is -2.66. The Morgan fingerprint density at radius 3 is 3.04 bits per heavy atom. The summed E-state index contributed by atoms with van der Waals surface area (Å²) >= 11 is 0.